The molecule has 1 N–H and O–H groups in total. The second-order valence-corrected chi connectivity index (χ2v) is 5.57. The third-order valence-electron chi connectivity index (χ3n) is 3.60. The molecule has 4 heteroatoms. The monoisotopic (exact) mass is 321 g/mol. The average molecular weight is 321 g/mol. The van der Waals surface area contributed by atoms with E-state index in [1.54, 1.807) is 0 Å². The fourth-order valence-corrected chi connectivity index (χ4v) is 2.40. The van der Waals surface area contributed by atoms with Gasteiger partial charge in [-0.05, 0) is 36.8 Å². The molecule has 3 aromatic rings. The van der Waals surface area contributed by atoms with Gasteiger partial charge in [0.2, 0.25) is 5.89 Å². The van der Waals surface area contributed by atoms with Crippen molar-refractivity contribution >= 4 is 0 Å². The summed E-state index contributed by atoms with van der Waals surface area (Å²) < 4.78 is 11.5. The van der Waals surface area contributed by atoms with Crippen molar-refractivity contribution in [2.24, 2.45) is 0 Å². The van der Waals surface area contributed by atoms with Crippen LogP contribution < -0.4 is 4.74 Å². The SMILES string of the molecule is C=C(O)Cc1cccc(OCc2nc(-c3ccccc3)oc2C)c1. The number of allylic oxidation sites excluding steroid dienone is 1. The van der Waals surface area contributed by atoms with Crippen molar-refractivity contribution < 1.29 is 14.3 Å². The van der Waals surface area contributed by atoms with Gasteiger partial charge >= 0.3 is 0 Å². The van der Waals surface area contributed by atoms with E-state index < -0.39 is 0 Å². The lowest BCUT2D eigenvalue weighted by Crippen LogP contribution is -1.98. The number of hydrogen-bond acceptors (Lipinski definition) is 4. The van der Waals surface area contributed by atoms with Crippen LogP contribution in [0.1, 0.15) is 17.0 Å². The van der Waals surface area contributed by atoms with Gasteiger partial charge in [-0.3, -0.25) is 0 Å². The summed E-state index contributed by atoms with van der Waals surface area (Å²) >= 11 is 0. The van der Waals surface area contributed by atoms with Gasteiger partial charge in [-0.2, -0.15) is 0 Å². The molecule has 0 aliphatic rings. The van der Waals surface area contributed by atoms with E-state index in [2.05, 4.69) is 11.6 Å². The number of benzene rings is 2. The van der Waals surface area contributed by atoms with Crippen LogP contribution in [-0.2, 0) is 13.0 Å². The van der Waals surface area contributed by atoms with Gasteiger partial charge in [0, 0.05) is 12.0 Å². The summed E-state index contributed by atoms with van der Waals surface area (Å²) in [5.41, 5.74) is 2.66. The van der Waals surface area contributed by atoms with E-state index in [9.17, 15) is 5.11 Å². The van der Waals surface area contributed by atoms with E-state index in [4.69, 9.17) is 9.15 Å². The van der Waals surface area contributed by atoms with E-state index in [1.807, 2.05) is 61.5 Å². The van der Waals surface area contributed by atoms with Gasteiger partial charge in [0.25, 0.3) is 0 Å². The third-order valence-corrected chi connectivity index (χ3v) is 3.60. The molecule has 24 heavy (non-hydrogen) atoms. The first-order valence-electron chi connectivity index (χ1n) is 7.72. The quantitative estimate of drug-likeness (QED) is 0.660. The summed E-state index contributed by atoms with van der Waals surface area (Å²) in [5, 5.41) is 9.29. The number of ether oxygens (including phenoxy) is 1. The molecule has 0 bridgehead atoms. The van der Waals surface area contributed by atoms with Crippen LogP contribution in [0.2, 0.25) is 0 Å². The summed E-state index contributed by atoms with van der Waals surface area (Å²) in [6.07, 6.45) is 0.415. The number of aromatic nitrogens is 1. The van der Waals surface area contributed by atoms with Crippen molar-refractivity contribution in [2.75, 3.05) is 0 Å². The Balaban J connectivity index is 1.71. The smallest absolute Gasteiger partial charge is 0.226 e. The zero-order valence-corrected chi connectivity index (χ0v) is 13.5. The molecule has 0 radical (unpaired) electrons. The Morgan fingerprint density at radius 3 is 2.71 bits per heavy atom. The predicted molar refractivity (Wildman–Crippen MR) is 92.9 cm³/mol. The molecular weight excluding hydrogens is 302 g/mol. The number of nitrogens with zero attached hydrogens (tertiary/aromatic N) is 1. The summed E-state index contributed by atoms with van der Waals surface area (Å²) in [6.45, 7) is 5.71. The van der Waals surface area contributed by atoms with Crippen molar-refractivity contribution in [3.8, 4) is 17.2 Å². The number of hydrogen-bond donors (Lipinski definition) is 1. The fourth-order valence-electron chi connectivity index (χ4n) is 2.40. The second-order valence-electron chi connectivity index (χ2n) is 5.57. The molecule has 0 aliphatic carbocycles. The maximum absolute atomic E-state index is 9.29. The Kier molecular flexibility index (Phi) is 4.66. The zero-order chi connectivity index (χ0) is 16.9. The highest BCUT2D eigenvalue weighted by Crippen LogP contribution is 2.23. The van der Waals surface area contributed by atoms with E-state index in [1.165, 1.54) is 0 Å². The molecule has 0 saturated heterocycles. The standard InChI is InChI=1S/C20H19NO3/c1-14(22)11-16-7-6-10-18(12-16)23-13-19-15(2)24-20(21-19)17-8-4-3-5-9-17/h3-10,12,22H,1,11,13H2,2H3. The largest absolute Gasteiger partial charge is 0.513 e. The number of aliphatic hydroxyl groups is 1. The van der Waals surface area contributed by atoms with Crippen LogP contribution in [0.3, 0.4) is 0 Å². The molecule has 4 nitrogen and oxygen atoms in total. The van der Waals surface area contributed by atoms with Crippen molar-refractivity contribution in [2.45, 2.75) is 20.0 Å². The Labute approximate surface area is 141 Å². The number of rotatable bonds is 6. The van der Waals surface area contributed by atoms with E-state index in [-0.39, 0.29) is 5.76 Å². The van der Waals surface area contributed by atoms with Crippen LogP contribution >= 0.6 is 0 Å². The minimum Gasteiger partial charge on any atom is -0.513 e. The Morgan fingerprint density at radius 2 is 1.96 bits per heavy atom. The van der Waals surface area contributed by atoms with Crippen LogP contribution in [0.4, 0.5) is 0 Å². The second kappa shape index (κ2) is 7.04. The molecule has 0 fully saturated rings. The summed E-state index contributed by atoms with van der Waals surface area (Å²) in [5.74, 6) is 2.19. The van der Waals surface area contributed by atoms with Crippen molar-refractivity contribution in [1.82, 2.24) is 4.98 Å². The minimum atomic E-state index is 0.131. The highest BCUT2D eigenvalue weighted by atomic mass is 16.5. The van der Waals surface area contributed by atoms with Crippen LogP contribution in [0.5, 0.6) is 5.75 Å². The molecule has 2 aromatic carbocycles. The summed E-state index contributed by atoms with van der Waals surface area (Å²) in [7, 11) is 0. The lowest BCUT2D eigenvalue weighted by atomic mass is 10.1. The molecular formula is C20H19NO3. The highest BCUT2D eigenvalue weighted by molar-refractivity contribution is 5.53. The first-order valence-corrected chi connectivity index (χ1v) is 7.72. The normalized spacial score (nSPS) is 10.5. The molecule has 122 valence electrons. The molecule has 0 saturated carbocycles. The molecule has 1 aromatic heterocycles. The Morgan fingerprint density at radius 1 is 1.17 bits per heavy atom. The summed E-state index contributed by atoms with van der Waals surface area (Å²) in [6, 6.07) is 17.3. The predicted octanol–water partition coefficient (Wildman–Crippen LogP) is 4.84. The molecule has 0 amide bonds. The maximum Gasteiger partial charge on any atom is 0.226 e. The molecule has 0 spiro atoms. The first-order chi connectivity index (χ1) is 11.6. The number of aliphatic hydroxyl groups excluding tert-OH is 1. The van der Waals surface area contributed by atoms with Crippen LogP contribution in [0.15, 0.2) is 71.4 Å². The van der Waals surface area contributed by atoms with Crippen LogP contribution in [-0.4, -0.2) is 10.1 Å². The van der Waals surface area contributed by atoms with Crippen LogP contribution in [0, 0.1) is 6.92 Å². The van der Waals surface area contributed by atoms with E-state index in [0.717, 1.165) is 28.3 Å². The average Bonchev–Trinajstić information content (AvgIpc) is 2.94. The third kappa shape index (κ3) is 3.84. The molecule has 1 heterocycles. The lowest BCUT2D eigenvalue weighted by molar-refractivity contribution is 0.299. The van der Waals surface area contributed by atoms with E-state index >= 15 is 0 Å². The molecule has 0 atom stereocenters. The van der Waals surface area contributed by atoms with Crippen LogP contribution in [0.25, 0.3) is 11.5 Å². The topological polar surface area (TPSA) is 55.5 Å². The van der Waals surface area contributed by atoms with Crippen molar-refractivity contribution in [3.05, 3.63) is 84.0 Å². The van der Waals surface area contributed by atoms with E-state index in [0.29, 0.717) is 18.9 Å². The van der Waals surface area contributed by atoms with Gasteiger partial charge in [-0.25, -0.2) is 4.98 Å². The molecule has 0 unspecified atom stereocenters. The minimum absolute atomic E-state index is 0.131. The zero-order valence-electron chi connectivity index (χ0n) is 13.5. The Bertz CT molecular complexity index is 837. The van der Waals surface area contributed by atoms with Crippen molar-refractivity contribution in [1.29, 1.82) is 0 Å². The van der Waals surface area contributed by atoms with Gasteiger partial charge in [0.1, 0.15) is 23.8 Å². The number of aryl methyl sites for hydroxylation is 1. The van der Waals surface area contributed by atoms with Gasteiger partial charge < -0.3 is 14.3 Å². The summed E-state index contributed by atoms with van der Waals surface area (Å²) in [4.78, 5) is 4.52. The van der Waals surface area contributed by atoms with Gasteiger partial charge in [0.15, 0.2) is 0 Å². The van der Waals surface area contributed by atoms with Gasteiger partial charge in [-0.15, -0.1) is 0 Å². The molecule has 3 rings (SSSR count). The molecule has 0 aliphatic heterocycles. The van der Waals surface area contributed by atoms with Gasteiger partial charge in [0.05, 0.1) is 5.76 Å². The van der Waals surface area contributed by atoms with Crippen molar-refractivity contribution in [3.63, 3.8) is 0 Å². The fraction of sp³-hybridized carbons (Fsp3) is 0.150. The van der Waals surface area contributed by atoms with Gasteiger partial charge in [-0.1, -0.05) is 36.9 Å². The lowest BCUT2D eigenvalue weighted by Gasteiger charge is -2.06. The highest BCUT2D eigenvalue weighted by Gasteiger charge is 2.12. The number of oxazole rings is 1. The Hall–Kier alpha value is -3.01. The first kappa shape index (κ1) is 15.9. The maximum atomic E-state index is 9.29.